The highest BCUT2D eigenvalue weighted by Crippen LogP contribution is 2.61. The molecule has 2 aliphatic heterocycles. The number of carbonyl (C=O) groups excluding carboxylic acids is 3. The fourth-order valence-corrected chi connectivity index (χ4v) is 10.7. The minimum Gasteiger partial charge on any atom is -0.386 e. The van der Waals surface area contributed by atoms with Crippen molar-refractivity contribution >= 4 is 69.1 Å². The number of phosphoric acid groups is 3. The number of nitrogens with two attached hydrogens (primary N) is 1. The van der Waals surface area contributed by atoms with Gasteiger partial charge in [0.25, 0.3) is 0 Å². The topological polar surface area (TPSA) is 376 Å². The summed E-state index contributed by atoms with van der Waals surface area (Å²) in [6.45, 7) is 2.73. The number of fused-ring (bicyclic) bond motifs is 1. The number of nitrogens with one attached hydrogen (secondary N) is 2. The number of anilines is 1. The normalized spacial score (nSPS) is 23.1. The van der Waals surface area contributed by atoms with Gasteiger partial charge in [-0.05, 0) is 6.42 Å². The van der Waals surface area contributed by atoms with E-state index in [1.807, 2.05) is 0 Å². The van der Waals surface area contributed by atoms with E-state index in [0.29, 0.717) is 5.75 Å². The molecule has 0 radical (unpaired) electrons. The molecule has 382 valence electrons. The Balaban J connectivity index is 1.09. The Labute approximate surface area is 392 Å². The van der Waals surface area contributed by atoms with Gasteiger partial charge < -0.3 is 55.6 Å². The van der Waals surface area contributed by atoms with Crippen molar-refractivity contribution < 1.29 is 85.2 Å². The maximum absolute atomic E-state index is 12.7. The zero-order chi connectivity index (χ0) is 49.4. The van der Waals surface area contributed by atoms with E-state index in [9.17, 15) is 57.9 Å². The van der Waals surface area contributed by atoms with Crippen molar-refractivity contribution in [3.05, 3.63) is 12.7 Å². The minimum absolute atomic E-state index is 0.0317. The van der Waals surface area contributed by atoms with Gasteiger partial charge in [-0.15, -0.1) is 0 Å². The van der Waals surface area contributed by atoms with Crippen LogP contribution in [0.15, 0.2) is 12.7 Å². The van der Waals surface area contributed by atoms with Crippen molar-refractivity contribution in [1.82, 2.24) is 30.2 Å². The predicted octanol–water partition coefficient (Wildman–Crippen LogP) is 3.52. The summed E-state index contributed by atoms with van der Waals surface area (Å²) in [7, 11) is -16.4. The van der Waals surface area contributed by atoms with Crippen LogP contribution in [0.5, 0.6) is 0 Å². The molecule has 25 nitrogen and oxygen atoms in total. The monoisotopic (exact) mass is 1030 g/mol. The molecule has 0 saturated carbocycles. The first kappa shape index (κ1) is 57.1. The van der Waals surface area contributed by atoms with Crippen LogP contribution in [0.2, 0.25) is 0 Å². The highest BCUT2D eigenvalue weighted by molar-refractivity contribution is 8.13. The number of aromatic nitrogens is 4. The second kappa shape index (κ2) is 26.7. The Morgan fingerprint density at radius 1 is 0.881 bits per heavy atom. The van der Waals surface area contributed by atoms with Crippen LogP contribution in [-0.2, 0) is 55.4 Å². The molecule has 10 N–H and O–H groups in total. The number of nitrogens with zero attached hydrogens (tertiary/aromatic N) is 4. The van der Waals surface area contributed by atoms with E-state index >= 15 is 0 Å². The quantitative estimate of drug-likeness (QED) is 0.0280. The smallest absolute Gasteiger partial charge is 0.386 e. The number of hydrogen-bond donors (Lipinski definition) is 9. The molecule has 0 aromatic carbocycles. The van der Waals surface area contributed by atoms with Crippen molar-refractivity contribution in [2.24, 2.45) is 5.41 Å². The Morgan fingerprint density at radius 3 is 2.15 bits per heavy atom. The number of rotatable bonds is 33. The lowest BCUT2D eigenvalue weighted by Gasteiger charge is -2.30. The summed E-state index contributed by atoms with van der Waals surface area (Å²) < 4.78 is 68.0. The molecule has 4 rings (SSSR count). The van der Waals surface area contributed by atoms with E-state index in [-0.39, 0.29) is 47.7 Å². The standard InChI is InChI=1S/C38H66N7O18P3S/c1-4-5-6-7-8-9-10-11-12-13-14-15-16-25-31(60-25)37(50)67-20-19-40-27(46)17-18-41-35(49)32(48)38(2,3)22-59-66(56,57)63-65(54,55)58-21-26-30(62-64(51,52)53)29(47)36(61-26)45-24-44-28-33(39)42-23-43-34(28)45/h23-26,29-32,36,47-48H,4-22H2,1-3H3,(H,40,46)(H,41,49)(H,54,55)(H,56,57)(H2,39,42,43)(H2,51,52,53)/t25?,26-,29-,30-,31?,32?,36-/m1/s1. The molecule has 9 atom stereocenters. The summed E-state index contributed by atoms with van der Waals surface area (Å²) in [5.74, 6) is -1.11. The van der Waals surface area contributed by atoms with Gasteiger partial charge in [-0.25, -0.2) is 28.6 Å². The number of amides is 2. The lowest BCUT2D eigenvalue weighted by atomic mass is 9.87. The maximum atomic E-state index is 12.7. The first-order valence-electron chi connectivity index (χ1n) is 22.2. The third-order valence-electron chi connectivity index (χ3n) is 10.9. The molecule has 2 amide bonds. The van der Waals surface area contributed by atoms with Crippen LogP contribution in [0.25, 0.3) is 11.2 Å². The number of phosphoric ester groups is 3. The third kappa shape index (κ3) is 19.3. The molecule has 5 unspecified atom stereocenters. The lowest BCUT2D eigenvalue weighted by molar-refractivity contribution is -0.137. The number of carbonyl (C=O) groups is 3. The number of aliphatic hydroxyl groups is 2. The maximum Gasteiger partial charge on any atom is 0.481 e. The van der Waals surface area contributed by atoms with Gasteiger partial charge in [-0.3, -0.25) is 32.5 Å². The molecule has 2 fully saturated rings. The van der Waals surface area contributed by atoms with Crippen molar-refractivity contribution in [1.29, 1.82) is 0 Å². The molecule has 0 spiro atoms. The summed E-state index contributed by atoms with van der Waals surface area (Å²) >= 11 is 1.08. The van der Waals surface area contributed by atoms with E-state index < -0.39 is 90.7 Å². The van der Waals surface area contributed by atoms with Gasteiger partial charge in [-0.1, -0.05) is 110 Å². The highest BCUT2D eigenvalue weighted by Gasteiger charge is 2.50. The molecule has 0 bridgehead atoms. The molecular weight excluding hydrogens is 967 g/mol. The van der Waals surface area contributed by atoms with E-state index in [2.05, 4.69) is 41.3 Å². The van der Waals surface area contributed by atoms with Crippen LogP contribution in [0.1, 0.15) is 117 Å². The average molecular weight is 1030 g/mol. The van der Waals surface area contributed by atoms with Crippen molar-refractivity contribution in [2.45, 2.75) is 154 Å². The van der Waals surface area contributed by atoms with Crippen LogP contribution in [0, 0.1) is 5.41 Å². The summed E-state index contributed by atoms with van der Waals surface area (Å²) in [5.41, 5.74) is 4.28. The zero-order valence-corrected chi connectivity index (χ0v) is 41.3. The molecule has 29 heteroatoms. The third-order valence-corrected chi connectivity index (χ3v) is 14.9. The number of imidazole rings is 1. The molecule has 2 saturated heterocycles. The number of unbranched alkanes of at least 4 members (excludes halogenated alkanes) is 11. The molecule has 2 aromatic heterocycles. The number of nitrogen functional groups attached to an aromatic ring is 1. The van der Waals surface area contributed by atoms with E-state index in [1.54, 1.807) is 0 Å². The van der Waals surface area contributed by atoms with Crippen LogP contribution in [0.3, 0.4) is 0 Å². The molecule has 0 aliphatic carbocycles. The highest BCUT2D eigenvalue weighted by atomic mass is 32.2. The Hall–Kier alpha value is -2.48. The van der Waals surface area contributed by atoms with Crippen LogP contribution < -0.4 is 16.4 Å². The van der Waals surface area contributed by atoms with Crippen LogP contribution in [0.4, 0.5) is 5.82 Å². The Kier molecular flexibility index (Phi) is 22.7. The first-order valence-corrected chi connectivity index (χ1v) is 27.8. The van der Waals surface area contributed by atoms with E-state index in [0.717, 1.165) is 48.2 Å². The zero-order valence-electron chi connectivity index (χ0n) is 37.8. The molecule has 67 heavy (non-hydrogen) atoms. The second-order valence-electron chi connectivity index (χ2n) is 17.0. The number of hydrogen-bond acceptors (Lipinski definition) is 19. The van der Waals surface area contributed by atoms with Gasteiger partial charge in [0.15, 0.2) is 23.8 Å². The van der Waals surface area contributed by atoms with Crippen molar-refractivity contribution in [2.75, 3.05) is 37.8 Å². The molecule has 2 aliphatic rings. The van der Waals surface area contributed by atoms with Crippen LogP contribution >= 0.6 is 35.2 Å². The molecule has 2 aromatic rings. The first-order chi connectivity index (χ1) is 31.5. The Morgan fingerprint density at radius 2 is 1.51 bits per heavy atom. The summed E-state index contributed by atoms with van der Waals surface area (Å²) in [4.78, 5) is 88.7. The van der Waals surface area contributed by atoms with Gasteiger partial charge in [-0.2, -0.15) is 4.31 Å². The van der Waals surface area contributed by atoms with E-state index in [1.165, 1.54) is 78.1 Å². The van der Waals surface area contributed by atoms with Gasteiger partial charge in [0.2, 0.25) is 16.9 Å². The number of aliphatic hydroxyl groups excluding tert-OH is 2. The minimum atomic E-state index is -5.58. The summed E-state index contributed by atoms with van der Waals surface area (Å²) in [5, 5.41) is 26.5. The number of thioether (sulfide) groups is 1. The Bertz CT molecular complexity index is 2070. The lowest BCUT2D eigenvalue weighted by Crippen LogP contribution is -2.46. The van der Waals surface area contributed by atoms with Gasteiger partial charge in [0.05, 0.1) is 25.6 Å². The number of epoxide rings is 1. The van der Waals surface area contributed by atoms with Crippen molar-refractivity contribution in [3.8, 4) is 0 Å². The average Bonchev–Trinajstić information content (AvgIpc) is 3.80. The van der Waals surface area contributed by atoms with Crippen molar-refractivity contribution in [3.63, 3.8) is 0 Å². The van der Waals surface area contributed by atoms with Gasteiger partial charge in [0, 0.05) is 30.7 Å². The largest absolute Gasteiger partial charge is 0.481 e. The fourth-order valence-electron chi connectivity index (χ4n) is 7.12. The van der Waals surface area contributed by atoms with E-state index in [4.69, 9.17) is 24.3 Å². The van der Waals surface area contributed by atoms with Crippen LogP contribution in [-0.4, -0.2) is 135 Å². The number of ether oxygens (including phenoxy) is 2. The van der Waals surface area contributed by atoms with Gasteiger partial charge in [0.1, 0.15) is 36.3 Å². The summed E-state index contributed by atoms with van der Waals surface area (Å²) in [6.07, 6.45) is 8.59. The molecular formula is C38H66N7O18P3S. The fraction of sp³-hybridized carbons (Fsp3) is 0.789. The second-order valence-corrected chi connectivity index (χ2v) is 22.3. The summed E-state index contributed by atoms with van der Waals surface area (Å²) in [6, 6.07) is 0. The van der Waals surface area contributed by atoms with Gasteiger partial charge >= 0.3 is 23.5 Å². The SMILES string of the molecule is CCCCCCCCCCCCCCC1OC1C(=O)SCCNC(=O)CCNC(=O)C(O)C(C)(C)COP(=O)(O)OP(=O)(O)OC[C@H]1O[C@@H](n2cnc3c(N)ncnc32)[C@H](O)[C@@H]1OP(=O)(O)O. The predicted molar refractivity (Wildman–Crippen MR) is 241 cm³/mol. The molecule has 4 heterocycles.